The van der Waals surface area contributed by atoms with E-state index in [0.717, 1.165) is 16.1 Å². The molecule has 0 aliphatic rings. The lowest BCUT2D eigenvalue weighted by molar-refractivity contribution is -0.121. The number of fused-ring (bicyclic) bond motifs is 1. The molecule has 0 saturated carbocycles. The standard InChI is InChI=1S/C24H19BrFN3O3/c1-32-21-10-9-17(25)11-16(21)13-27-22(30)14-29-20-8-3-2-7-19(20)28-24(29)23(31)15-5-4-6-18(26)12-15/h2-12H,13-14H2,1H3,(H,27,30). The number of amides is 1. The van der Waals surface area contributed by atoms with E-state index in [1.165, 1.54) is 18.2 Å². The van der Waals surface area contributed by atoms with E-state index in [-0.39, 0.29) is 30.4 Å². The molecule has 0 spiro atoms. The maximum atomic E-state index is 13.7. The van der Waals surface area contributed by atoms with Crippen molar-refractivity contribution in [2.24, 2.45) is 0 Å². The molecule has 32 heavy (non-hydrogen) atoms. The number of hydrogen-bond donors (Lipinski definition) is 1. The van der Waals surface area contributed by atoms with Gasteiger partial charge in [-0.2, -0.15) is 0 Å². The highest BCUT2D eigenvalue weighted by Crippen LogP contribution is 2.23. The molecule has 6 nitrogen and oxygen atoms in total. The smallest absolute Gasteiger partial charge is 0.240 e. The molecule has 4 rings (SSSR count). The summed E-state index contributed by atoms with van der Waals surface area (Å²) >= 11 is 3.42. The second-order valence-corrected chi connectivity index (χ2v) is 8.00. The third kappa shape index (κ3) is 4.55. The van der Waals surface area contributed by atoms with Crippen LogP contribution in [0.25, 0.3) is 11.0 Å². The van der Waals surface area contributed by atoms with Crippen molar-refractivity contribution in [3.05, 3.63) is 94.0 Å². The van der Waals surface area contributed by atoms with E-state index in [4.69, 9.17) is 4.74 Å². The van der Waals surface area contributed by atoms with Gasteiger partial charge in [0.2, 0.25) is 11.7 Å². The number of nitrogens with one attached hydrogen (secondary N) is 1. The molecule has 0 saturated heterocycles. The Morgan fingerprint density at radius 3 is 2.69 bits per heavy atom. The lowest BCUT2D eigenvalue weighted by Gasteiger charge is -2.12. The van der Waals surface area contributed by atoms with Gasteiger partial charge in [-0.15, -0.1) is 0 Å². The monoisotopic (exact) mass is 495 g/mol. The van der Waals surface area contributed by atoms with Crippen molar-refractivity contribution in [3.63, 3.8) is 0 Å². The number of para-hydroxylation sites is 2. The number of nitrogens with zero attached hydrogens (tertiary/aromatic N) is 2. The predicted octanol–water partition coefficient (Wildman–Crippen LogP) is 4.49. The van der Waals surface area contributed by atoms with Crippen LogP contribution in [0.1, 0.15) is 21.7 Å². The van der Waals surface area contributed by atoms with Crippen LogP contribution < -0.4 is 10.1 Å². The predicted molar refractivity (Wildman–Crippen MR) is 122 cm³/mol. The minimum atomic E-state index is -0.515. The van der Waals surface area contributed by atoms with Crippen molar-refractivity contribution in [3.8, 4) is 5.75 Å². The molecule has 1 amide bonds. The second-order valence-electron chi connectivity index (χ2n) is 7.08. The molecular weight excluding hydrogens is 477 g/mol. The molecule has 1 aromatic heterocycles. The van der Waals surface area contributed by atoms with E-state index < -0.39 is 11.6 Å². The minimum Gasteiger partial charge on any atom is -0.496 e. The Labute approximate surface area is 192 Å². The van der Waals surface area contributed by atoms with E-state index >= 15 is 0 Å². The van der Waals surface area contributed by atoms with Crippen LogP contribution in [-0.2, 0) is 17.9 Å². The molecule has 0 radical (unpaired) electrons. The number of methoxy groups -OCH3 is 1. The number of imidazole rings is 1. The van der Waals surface area contributed by atoms with Crippen LogP contribution in [0.4, 0.5) is 4.39 Å². The molecule has 0 bridgehead atoms. The minimum absolute atomic E-state index is 0.0759. The third-order valence-corrected chi connectivity index (χ3v) is 5.46. The molecule has 1 N–H and O–H groups in total. The summed E-state index contributed by atoms with van der Waals surface area (Å²) in [7, 11) is 1.57. The Morgan fingerprint density at radius 1 is 1.09 bits per heavy atom. The molecule has 0 aliphatic heterocycles. The molecular formula is C24H19BrFN3O3. The number of ether oxygens (including phenoxy) is 1. The molecule has 0 atom stereocenters. The number of hydrogen-bond acceptors (Lipinski definition) is 4. The lowest BCUT2D eigenvalue weighted by atomic mass is 10.1. The largest absolute Gasteiger partial charge is 0.496 e. The molecule has 0 unspecified atom stereocenters. The average molecular weight is 496 g/mol. The summed E-state index contributed by atoms with van der Waals surface area (Å²) in [5.74, 6) is -0.541. The summed E-state index contributed by atoms with van der Waals surface area (Å²) in [6.07, 6.45) is 0. The molecule has 4 aromatic rings. The van der Waals surface area contributed by atoms with Crippen molar-refractivity contribution >= 4 is 38.7 Å². The van der Waals surface area contributed by atoms with Crippen molar-refractivity contribution in [1.82, 2.24) is 14.9 Å². The first-order valence-corrected chi connectivity index (χ1v) is 10.6. The van der Waals surface area contributed by atoms with Crippen LogP contribution >= 0.6 is 15.9 Å². The van der Waals surface area contributed by atoms with Crippen molar-refractivity contribution in [1.29, 1.82) is 0 Å². The molecule has 162 valence electrons. The van der Waals surface area contributed by atoms with Gasteiger partial charge in [0.05, 0.1) is 18.1 Å². The zero-order chi connectivity index (χ0) is 22.7. The van der Waals surface area contributed by atoms with Crippen molar-refractivity contribution < 1.29 is 18.7 Å². The summed E-state index contributed by atoms with van der Waals surface area (Å²) in [6, 6.07) is 18.1. The van der Waals surface area contributed by atoms with Gasteiger partial charge in [-0.3, -0.25) is 9.59 Å². The number of carbonyl (C=O) groups excluding carboxylic acids is 2. The number of ketones is 1. The number of halogens is 2. The fourth-order valence-electron chi connectivity index (χ4n) is 3.45. The maximum absolute atomic E-state index is 13.7. The zero-order valence-electron chi connectivity index (χ0n) is 17.1. The van der Waals surface area contributed by atoms with Gasteiger partial charge >= 0.3 is 0 Å². The summed E-state index contributed by atoms with van der Waals surface area (Å²) in [5.41, 5.74) is 2.19. The van der Waals surface area contributed by atoms with Gasteiger partial charge < -0.3 is 14.6 Å². The molecule has 3 aromatic carbocycles. The van der Waals surface area contributed by atoms with Crippen LogP contribution in [0.2, 0.25) is 0 Å². The number of benzene rings is 3. The second kappa shape index (κ2) is 9.32. The van der Waals surface area contributed by atoms with Crippen molar-refractivity contribution in [2.45, 2.75) is 13.1 Å². The van der Waals surface area contributed by atoms with E-state index in [0.29, 0.717) is 16.8 Å². The van der Waals surface area contributed by atoms with Gasteiger partial charge in [-0.1, -0.05) is 40.2 Å². The summed E-state index contributed by atoms with van der Waals surface area (Å²) < 4.78 is 21.4. The number of carbonyl (C=O) groups is 2. The summed E-state index contributed by atoms with van der Waals surface area (Å²) in [6.45, 7) is 0.133. The zero-order valence-corrected chi connectivity index (χ0v) is 18.7. The van der Waals surface area contributed by atoms with Crippen LogP contribution in [0.3, 0.4) is 0 Å². The Morgan fingerprint density at radius 2 is 1.91 bits per heavy atom. The fraction of sp³-hybridized carbons (Fsp3) is 0.125. The maximum Gasteiger partial charge on any atom is 0.240 e. The van der Waals surface area contributed by atoms with E-state index in [1.54, 1.807) is 35.9 Å². The molecule has 8 heteroatoms. The fourth-order valence-corrected chi connectivity index (χ4v) is 3.85. The highest BCUT2D eigenvalue weighted by Gasteiger charge is 2.21. The van der Waals surface area contributed by atoms with Crippen LogP contribution in [-0.4, -0.2) is 28.4 Å². The van der Waals surface area contributed by atoms with Gasteiger partial charge in [0.15, 0.2) is 5.82 Å². The van der Waals surface area contributed by atoms with E-state index in [9.17, 15) is 14.0 Å². The number of aromatic nitrogens is 2. The summed E-state index contributed by atoms with van der Waals surface area (Å²) in [5, 5.41) is 2.86. The molecule has 0 fully saturated rings. The summed E-state index contributed by atoms with van der Waals surface area (Å²) in [4.78, 5) is 30.3. The Balaban J connectivity index is 1.61. The van der Waals surface area contributed by atoms with Crippen LogP contribution in [0.15, 0.2) is 71.2 Å². The van der Waals surface area contributed by atoms with Gasteiger partial charge in [-0.25, -0.2) is 9.37 Å². The van der Waals surface area contributed by atoms with E-state index in [1.807, 2.05) is 18.2 Å². The Hall–Kier alpha value is -3.52. The molecule has 0 aliphatic carbocycles. The highest BCUT2D eigenvalue weighted by atomic mass is 79.9. The Bertz CT molecular complexity index is 1320. The first kappa shape index (κ1) is 21.7. The third-order valence-electron chi connectivity index (χ3n) is 4.96. The van der Waals surface area contributed by atoms with Crippen molar-refractivity contribution in [2.75, 3.05) is 7.11 Å². The van der Waals surface area contributed by atoms with Gasteiger partial charge in [0.1, 0.15) is 18.1 Å². The lowest BCUT2D eigenvalue weighted by Crippen LogP contribution is -2.28. The quantitative estimate of drug-likeness (QED) is 0.383. The highest BCUT2D eigenvalue weighted by molar-refractivity contribution is 9.10. The van der Waals surface area contributed by atoms with Gasteiger partial charge in [0, 0.05) is 22.1 Å². The SMILES string of the molecule is COc1ccc(Br)cc1CNC(=O)Cn1c(C(=O)c2cccc(F)c2)nc2ccccc21. The first-order valence-electron chi connectivity index (χ1n) is 9.81. The van der Waals surface area contributed by atoms with Crippen LogP contribution in [0, 0.1) is 5.82 Å². The average Bonchev–Trinajstić information content (AvgIpc) is 3.15. The molecule has 1 heterocycles. The Kier molecular flexibility index (Phi) is 6.32. The first-order chi connectivity index (χ1) is 15.5. The van der Waals surface area contributed by atoms with Gasteiger partial charge in [0.25, 0.3) is 0 Å². The number of rotatable bonds is 7. The van der Waals surface area contributed by atoms with Crippen LogP contribution in [0.5, 0.6) is 5.75 Å². The normalized spacial score (nSPS) is 10.8. The van der Waals surface area contributed by atoms with E-state index in [2.05, 4.69) is 26.2 Å². The van der Waals surface area contributed by atoms with Gasteiger partial charge in [-0.05, 0) is 42.5 Å². The topological polar surface area (TPSA) is 73.2 Å².